The summed E-state index contributed by atoms with van der Waals surface area (Å²) in [5.41, 5.74) is 2.25. The highest BCUT2D eigenvalue weighted by atomic mass is 16.1. The second-order valence-electron chi connectivity index (χ2n) is 5.26. The van der Waals surface area contributed by atoms with Gasteiger partial charge in [-0.25, -0.2) is 0 Å². The minimum atomic E-state index is 0.181. The Hall–Kier alpha value is -1.58. The number of aromatic nitrogens is 1. The van der Waals surface area contributed by atoms with Crippen molar-refractivity contribution in [2.45, 2.75) is 45.6 Å². The minimum Gasteiger partial charge on any atom is -0.369 e. The largest absolute Gasteiger partial charge is 0.369 e. The molecular weight excluding hydrogens is 238 g/mol. The number of amides is 1. The van der Waals surface area contributed by atoms with Crippen molar-refractivity contribution in [1.29, 1.82) is 0 Å². The molecule has 104 valence electrons. The van der Waals surface area contributed by atoms with Crippen LogP contribution in [0.3, 0.4) is 0 Å². The summed E-state index contributed by atoms with van der Waals surface area (Å²) in [6, 6.07) is 4.43. The quantitative estimate of drug-likeness (QED) is 0.904. The number of pyridine rings is 1. The molecule has 1 atom stereocenters. The average Bonchev–Trinajstić information content (AvgIpc) is 2.39. The first-order chi connectivity index (χ1) is 9.19. The van der Waals surface area contributed by atoms with Crippen molar-refractivity contribution in [3.8, 4) is 0 Å². The Balaban J connectivity index is 1.95. The van der Waals surface area contributed by atoms with E-state index in [1.807, 2.05) is 26.1 Å². The Labute approximate surface area is 115 Å². The lowest BCUT2D eigenvalue weighted by Gasteiger charge is -2.34. The van der Waals surface area contributed by atoms with Crippen LogP contribution < -0.4 is 10.2 Å². The Morgan fingerprint density at radius 3 is 3.16 bits per heavy atom. The molecule has 0 aromatic carbocycles. The number of rotatable bonds is 4. The van der Waals surface area contributed by atoms with Gasteiger partial charge in [-0.15, -0.1) is 0 Å². The normalized spacial score (nSPS) is 19.3. The van der Waals surface area contributed by atoms with E-state index in [4.69, 9.17) is 0 Å². The molecule has 2 rings (SSSR count). The molecule has 4 heteroatoms. The van der Waals surface area contributed by atoms with Gasteiger partial charge in [-0.2, -0.15) is 0 Å². The molecule has 1 saturated heterocycles. The fraction of sp³-hybridized carbons (Fsp3) is 0.600. The monoisotopic (exact) mass is 261 g/mol. The van der Waals surface area contributed by atoms with E-state index in [2.05, 4.69) is 21.3 Å². The zero-order chi connectivity index (χ0) is 13.7. The second kappa shape index (κ2) is 6.55. The highest BCUT2D eigenvalue weighted by molar-refractivity contribution is 5.76. The molecule has 4 nitrogen and oxygen atoms in total. The maximum absolute atomic E-state index is 11.7. The van der Waals surface area contributed by atoms with Crippen LogP contribution in [-0.4, -0.2) is 30.0 Å². The molecule has 2 heterocycles. The fourth-order valence-corrected chi connectivity index (χ4v) is 2.58. The van der Waals surface area contributed by atoms with Crippen LogP contribution in [0.15, 0.2) is 18.3 Å². The van der Waals surface area contributed by atoms with Gasteiger partial charge in [0.05, 0.1) is 0 Å². The fourth-order valence-electron chi connectivity index (χ4n) is 2.58. The molecule has 0 radical (unpaired) electrons. The van der Waals surface area contributed by atoms with Crippen LogP contribution in [0.4, 0.5) is 5.69 Å². The molecule has 0 bridgehead atoms. The van der Waals surface area contributed by atoms with Crippen molar-refractivity contribution in [3.63, 3.8) is 0 Å². The third-order valence-electron chi connectivity index (χ3n) is 3.51. The third kappa shape index (κ3) is 3.94. The van der Waals surface area contributed by atoms with Gasteiger partial charge in [0, 0.05) is 43.1 Å². The van der Waals surface area contributed by atoms with Gasteiger partial charge in [0.15, 0.2) is 0 Å². The molecule has 1 amide bonds. The summed E-state index contributed by atoms with van der Waals surface area (Å²) in [4.78, 5) is 18.2. The average molecular weight is 261 g/mol. The van der Waals surface area contributed by atoms with E-state index in [0.29, 0.717) is 6.42 Å². The molecule has 1 aromatic heterocycles. The third-order valence-corrected chi connectivity index (χ3v) is 3.51. The predicted molar refractivity (Wildman–Crippen MR) is 77.3 cm³/mol. The van der Waals surface area contributed by atoms with Gasteiger partial charge in [0.2, 0.25) is 5.91 Å². The molecule has 1 N–H and O–H groups in total. The van der Waals surface area contributed by atoms with Gasteiger partial charge in [0.25, 0.3) is 0 Å². The minimum absolute atomic E-state index is 0.181. The van der Waals surface area contributed by atoms with E-state index in [9.17, 15) is 4.79 Å². The Morgan fingerprint density at radius 1 is 1.58 bits per heavy atom. The maximum atomic E-state index is 11.7. The van der Waals surface area contributed by atoms with Crippen LogP contribution in [0, 0.1) is 6.92 Å². The zero-order valence-electron chi connectivity index (χ0n) is 11.9. The lowest BCUT2D eigenvalue weighted by atomic mass is 10.0. The first-order valence-corrected chi connectivity index (χ1v) is 7.16. The topological polar surface area (TPSA) is 45.2 Å². The number of piperidine rings is 1. The van der Waals surface area contributed by atoms with Crippen LogP contribution in [0.1, 0.15) is 38.3 Å². The van der Waals surface area contributed by atoms with Crippen LogP contribution >= 0.6 is 0 Å². The molecule has 1 aromatic rings. The Morgan fingerprint density at radius 2 is 2.42 bits per heavy atom. The van der Waals surface area contributed by atoms with Gasteiger partial charge in [-0.05, 0) is 38.3 Å². The summed E-state index contributed by atoms with van der Waals surface area (Å²) < 4.78 is 0. The van der Waals surface area contributed by atoms with E-state index >= 15 is 0 Å². The number of nitrogens with zero attached hydrogens (tertiary/aromatic N) is 2. The molecule has 1 unspecified atom stereocenters. The predicted octanol–water partition coefficient (Wildman–Crippen LogP) is 2.28. The van der Waals surface area contributed by atoms with Gasteiger partial charge >= 0.3 is 0 Å². The summed E-state index contributed by atoms with van der Waals surface area (Å²) in [5.74, 6) is 0.181. The highest BCUT2D eigenvalue weighted by Crippen LogP contribution is 2.20. The Bertz CT molecular complexity index is 433. The summed E-state index contributed by atoms with van der Waals surface area (Å²) in [6.45, 7) is 6.00. The molecular formula is C15H23N3O. The lowest BCUT2D eigenvalue weighted by molar-refractivity contribution is -0.121. The van der Waals surface area contributed by atoms with Crippen molar-refractivity contribution in [2.24, 2.45) is 0 Å². The summed E-state index contributed by atoms with van der Waals surface area (Å²) in [7, 11) is 0. The molecule has 0 aliphatic carbocycles. The number of hydrogen-bond acceptors (Lipinski definition) is 3. The van der Waals surface area contributed by atoms with E-state index in [1.165, 1.54) is 5.69 Å². The highest BCUT2D eigenvalue weighted by Gasteiger charge is 2.21. The van der Waals surface area contributed by atoms with E-state index in [1.54, 1.807) is 0 Å². The summed E-state index contributed by atoms with van der Waals surface area (Å²) in [5, 5.41) is 3.14. The lowest BCUT2D eigenvalue weighted by Crippen LogP contribution is -2.47. The second-order valence-corrected chi connectivity index (χ2v) is 5.26. The number of nitrogens with one attached hydrogen (secondary N) is 1. The zero-order valence-corrected chi connectivity index (χ0v) is 11.9. The standard InChI is InChI=1S/C15H23N3O/c1-3-5-15(19)17-13-6-4-9-18(11-13)14-7-8-16-12(2)10-14/h7-8,10,13H,3-6,9,11H2,1-2H3,(H,17,19). The molecule has 1 fully saturated rings. The molecule has 0 saturated carbocycles. The van der Waals surface area contributed by atoms with Gasteiger partial charge in [-0.1, -0.05) is 6.92 Å². The van der Waals surface area contributed by atoms with E-state index in [-0.39, 0.29) is 11.9 Å². The SMILES string of the molecule is CCCC(=O)NC1CCCN(c2ccnc(C)c2)C1. The van der Waals surface area contributed by atoms with Crippen LogP contribution in [0.25, 0.3) is 0 Å². The number of carbonyl (C=O) groups excluding carboxylic acids is 1. The number of hydrogen-bond donors (Lipinski definition) is 1. The first kappa shape index (κ1) is 13.8. The van der Waals surface area contributed by atoms with Gasteiger partial charge in [0.1, 0.15) is 0 Å². The number of anilines is 1. The molecule has 19 heavy (non-hydrogen) atoms. The summed E-state index contributed by atoms with van der Waals surface area (Å²) in [6.07, 6.45) is 5.59. The smallest absolute Gasteiger partial charge is 0.220 e. The van der Waals surface area contributed by atoms with E-state index < -0.39 is 0 Å². The Kier molecular flexibility index (Phi) is 4.77. The van der Waals surface area contributed by atoms with Crippen molar-refractivity contribution in [2.75, 3.05) is 18.0 Å². The van der Waals surface area contributed by atoms with Crippen LogP contribution in [-0.2, 0) is 4.79 Å². The molecule has 1 aliphatic heterocycles. The van der Waals surface area contributed by atoms with Crippen LogP contribution in [0.5, 0.6) is 0 Å². The maximum Gasteiger partial charge on any atom is 0.220 e. The first-order valence-electron chi connectivity index (χ1n) is 7.16. The number of aryl methyl sites for hydroxylation is 1. The van der Waals surface area contributed by atoms with Crippen molar-refractivity contribution < 1.29 is 4.79 Å². The van der Waals surface area contributed by atoms with Crippen molar-refractivity contribution >= 4 is 11.6 Å². The van der Waals surface area contributed by atoms with Crippen LogP contribution in [0.2, 0.25) is 0 Å². The van der Waals surface area contributed by atoms with E-state index in [0.717, 1.165) is 38.0 Å². The van der Waals surface area contributed by atoms with Crippen molar-refractivity contribution in [1.82, 2.24) is 10.3 Å². The molecule has 0 spiro atoms. The van der Waals surface area contributed by atoms with Gasteiger partial charge in [-0.3, -0.25) is 9.78 Å². The summed E-state index contributed by atoms with van der Waals surface area (Å²) >= 11 is 0. The van der Waals surface area contributed by atoms with Gasteiger partial charge < -0.3 is 10.2 Å². The van der Waals surface area contributed by atoms with Crippen molar-refractivity contribution in [3.05, 3.63) is 24.0 Å². The number of carbonyl (C=O) groups is 1. The molecule has 1 aliphatic rings.